The monoisotopic (exact) mass is 291 g/mol. The van der Waals surface area contributed by atoms with Gasteiger partial charge in [-0.3, -0.25) is 4.79 Å². The lowest BCUT2D eigenvalue weighted by Gasteiger charge is -2.08. The predicted molar refractivity (Wildman–Crippen MR) is 78.2 cm³/mol. The summed E-state index contributed by atoms with van der Waals surface area (Å²) in [6.45, 7) is 1.02. The first-order valence-electron chi connectivity index (χ1n) is 6.03. The van der Waals surface area contributed by atoms with Crippen molar-refractivity contribution in [3.05, 3.63) is 53.2 Å². The summed E-state index contributed by atoms with van der Waals surface area (Å²) >= 11 is 5.78. The number of ether oxygens (including phenoxy) is 1. The topological polar surface area (TPSA) is 77.2 Å². The van der Waals surface area contributed by atoms with Crippen LogP contribution in [0.2, 0.25) is 5.02 Å². The Morgan fingerprint density at radius 2 is 2.05 bits per heavy atom. The van der Waals surface area contributed by atoms with Gasteiger partial charge < -0.3 is 15.8 Å². The summed E-state index contributed by atoms with van der Waals surface area (Å²) in [5.74, 6) is 0.851. The maximum atomic E-state index is 11.0. The van der Waals surface area contributed by atoms with Gasteiger partial charge in [0.25, 0.3) is 0 Å². The second-order valence-electron chi connectivity index (χ2n) is 4.02. The zero-order valence-electron chi connectivity index (χ0n) is 10.7. The number of anilines is 1. The third kappa shape index (κ3) is 4.13. The van der Waals surface area contributed by atoms with E-state index in [0.717, 1.165) is 5.75 Å². The smallest absolute Gasteiger partial charge is 0.248 e. The van der Waals surface area contributed by atoms with Crippen LogP contribution in [0.5, 0.6) is 5.75 Å². The fourth-order valence-electron chi connectivity index (χ4n) is 1.56. The van der Waals surface area contributed by atoms with E-state index in [2.05, 4.69) is 10.3 Å². The van der Waals surface area contributed by atoms with Gasteiger partial charge in [-0.1, -0.05) is 11.6 Å². The SMILES string of the molecule is NC(=O)c1ccnc(NCCOc2ccc(Cl)cc2)c1. The first-order chi connectivity index (χ1) is 9.65. The molecular formula is C14H14ClN3O2. The molecule has 0 atom stereocenters. The van der Waals surface area contributed by atoms with E-state index in [1.54, 1.807) is 36.4 Å². The zero-order chi connectivity index (χ0) is 14.4. The van der Waals surface area contributed by atoms with Crippen LogP contribution in [0.3, 0.4) is 0 Å². The second kappa shape index (κ2) is 6.77. The molecule has 104 valence electrons. The molecule has 2 rings (SSSR count). The molecule has 0 saturated carbocycles. The number of nitrogens with one attached hydrogen (secondary N) is 1. The molecule has 0 aliphatic carbocycles. The number of pyridine rings is 1. The highest BCUT2D eigenvalue weighted by atomic mass is 35.5. The number of hydrogen-bond acceptors (Lipinski definition) is 4. The number of carbonyl (C=O) groups is 1. The lowest BCUT2D eigenvalue weighted by molar-refractivity contribution is 0.1000. The molecule has 0 unspecified atom stereocenters. The van der Waals surface area contributed by atoms with Crippen LogP contribution in [-0.2, 0) is 0 Å². The van der Waals surface area contributed by atoms with Gasteiger partial charge >= 0.3 is 0 Å². The molecule has 0 aliphatic rings. The van der Waals surface area contributed by atoms with E-state index in [1.807, 2.05) is 0 Å². The lowest BCUT2D eigenvalue weighted by Crippen LogP contribution is -2.14. The van der Waals surface area contributed by atoms with Gasteiger partial charge in [-0.25, -0.2) is 4.98 Å². The molecule has 0 saturated heterocycles. The highest BCUT2D eigenvalue weighted by molar-refractivity contribution is 6.30. The van der Waals surface area contributed by atoms with Crippen molar-refractivity contribution < 1.29 is 9.53 Å². The third-order valence-electron chi connectivity index (χ3n) is 2.54. The number of carbonyl (C=O) groups excluding carboxylic acids is 1. The van der Waals surface area contributed by atoms with Gasteiger partial charge in [0.2, 0.25) is 5.91 Å². The lowest BCUT2D eigenvalue weighted by atomic mass is 10.2. The predicted octanol–water partition coefficient (Wildman–Crippen LogP) is 2.32. The summed E-state index contributed by atoms with van der Waals surface area (Å²) < 4.78 is 5.52. The van der Waals surface area contributed by atoms with Crippen molar-refractivity contribution in [1.29, 1.82) is 0 Å². The van der Waals surface area contributed by atoms with Crippen LogP contribution in [0, 0.1) is 0 Å². The first-order valence-corrected chi connectivity index (χ1v) is 6.41. The molecule has 1 heterocycles. The van der Waals surface area contributed by atoms with Gasteiger partial charge in [0.15, 0.2) is 0 Å². The number of halogens is 1. The minimum atomic E-state index is -0.479. The molecule has 1 aromatic heterocycles. The molecule has 3 N–H and O–H groups in total. The summed E-state index contributed by atoms with van der Waals surface area (Å²) in [5, 5.41) is 3.72. The molecular weight excluding hydrogens is 278 g/mol. The van der Waals surface area contributed by atoms with Crippen LogP contribution in [-0.4, -0.2) is 24.0 Å². The maximum absolute atomic E-state index is 11.0. The first kappa shape index (κ1) is 14.1. The van der Waals surface area contributed by atoms with Gasteiger partial charge in [0.05, 0.1) is 6.54 Å². The molecule has 0 fully saturated rings. The molecule has 5 nitrogen and oxygen atoms in total. The number of rotatable bonds is 6. The number of aromatic nitrogens is 1. The van der Waals surface area contributed by atoms with E-state index in [1.165, 1.54) is 6.20 Å². The minimum absolute atomic E-state index is 0.418. The van der Waals surface area contributed by atoms with Gasteiger partial charge in [0, 0.05) is 16.8 Å². The van der Waals surface area contributed by atoms with Gasteiger partial charge in [0.1, 0.15) is 18.2 Å². The molecule has 6 heteroatoms. The van der Waals surface area contributed by atoms with E-state index in [9.17, 15) is 4.79 Å². The molecule has 0 bridgehead atoms. The third-order valence-corrected chi connectivity index (χ3v) is 2.79. The van der Waals surface area contributed by atoms with Crippen molar-refractivity contribution >= 4 is 23.3 Å². The van der Waals surface area contributed by atoms with Crippen molar-refractivity contribution in [3.8, 4) is 5.75 Å². The summed E-state index contributed by atoms with van der Waals surface area (Å²) in [7, 11) is 0. The minimum Gasteiger partial charge on any atom is -0.492 e. The Morgan fingerprint density at radius 1 is 1.30 bits per heavy atom. The van der Waals surface area contributed by atoms with E-state index in [-0.39, 0.29) is 0 Å². The van der Waals surface area contributed by atoms with Crippen LogP contribution in [0.25, 0.3) is 0 Å². The van der Waals surface area contributed by atoms with Crippen molar-refractivity contribution in [2.75, 3.05) is 18.5 Å². The van der Waals surface area contributed by atoms with Gasteiger partial charge in [-0.05, 0) is 36.4 Å². The van der Waals surface area contributed by atoms with Crippen molar-refractivity contribution in [1.82, 2.24) is 4.98 Å². The van der Waals surface area contributed by atoms with Crippen molar-refractivity contribution in [2.24, 2.45) is 5.73 Å². The molecule has 0 spiro atoms. The van der Waals surface area contributed by atoms with Crippen LogP contribution in [0.1, 0.15) is 10.4 Å². The summed E-state index contributed by atoms with van der Waals surface area (Å²) in [6.07, 6.45) is 1.53. The molecule has 1 amide bonds. The molecule has 0 aliphatic heterocycles. The quantitative estimate of drug-likeness (QED) is 0.801. The Balaban J connectivity index is 1.79. The molecule has 2 aromatic rings. The average molecular weight is 292 g/mol. The standard InChI is InChI=1S/C14H14ClN3O2/c15-11-1-3-12(4-2-11)20-8-7-18-13-9-10(14(16)19)5-6-17-13/h1-6,9H,7-8H2,(H2,16,19)(H,17,18). The van der Waals surface area contributed by atoms with Crippen molar-refractivity contribution in [2.45, 2.75) is 0 Å². The molecule has 1 aromatic carbocycles. The Hall–Kier alpha value is -2.27. The highest BCUT2D eigenvalue weighted by Crippen LogP contribution is 2.15. The van der Waals surface area contributed by atoms with Crippen LogP contribution in [0.15, 0.2) is 42.6 Å². The van der Waals surface area contributed by atoms with Crippen LogP contribution in [0.4, 0.5) is 5.82 Å². The van der Waals surface area contributed by atoms with Gasteiger partial charge in [-0.2, -0.15) is 0 Å². The maximum Gasteiger partial charge on any atom is 0.248 e. The Bertz CT molecular complexity index is 587. The molecule has 20 heavy (non-hydrogen) atoms. The van der Waals surface area contributed by atoms with E-state index < -0.39 is 5.91 Å². The summed E-state index contributed by atoms with van der Waals surface area (Å²) in [6, 6.07) is 10.3. The molecule has 0 radical (unpaired) electrons. The Kier molecular flexibility index (Phi) is 4.79. The fourth-order valence-corrected chi connectivity index (χ4v) is 1.69. The van der Waals surface area contributed by atoms with Crippen LogP contribution >= 0.6 is 11.6 Å². The number of primary amides is 1. The Morgan fingerprint density at radius 3 is 2.75 bits per heavy atom. The van der Waals surface area contributed by atoms with E-state index >= 15 is 0 Å². The number of nitrogens with zero attached hydrogens (tertiary/aromatic N) is 1. The van der Waals surface area contributed by atoms with E-state index in [0.29, 0.717) is 29.6 Å². The van der Waals surface area contributed by atoms with Gasteiger partial charge in [-0.15, -0.1) is 0 Å². The second-order valence-corrected chi connectivity index (χ2v) is 4.46. The number of hydrogen-bond donors (Lipinski definition) is 2. The number of amides is 1. The van der Waals surface area contributed by atoms with Crippen LogP contribution < -0.4 is 15.8 Å². The average Bonchev–Trinajstić information content (AvgIpc) is 2.46. The fraction of sp³-hybridized carbons (Fsp3) is 0.143. The highest BCUT2D eigenvalue weighted by Gasteiger charge is 2.01. The number of benzene rings is 1. The number of nitrogens with two attached hydrogens (primary N) is 1. The summed E-state index contributed by atoms with van der Waals surface area (Å²) in [5.41, 5.74) is 5.61. The van der Waals surface area contributed by atoms with E-state index in [4.69, 9.17) is 22.1 Å². The summed E-state index contributed by atoms with van der Waals surface area (Å²) in [4.78, 5) is 15.1. The van der Waals surface area contributed by atoms with Crippen molar-refractivity contribution in [3.63, 3.8) is 0 Å². The largest absolute Gasteiger partial charge is 0.492 e. The zero-order valence-corrected chi connectivity index (χ0v) is 11.4. The normalized spacial score (nSPS) is 10.1. The Labute approximate surface area is 121 Å².